The predicted octanol–water partition coefficient (Wildman–Crippen LogP) is 3.45. The van der Waals surface area contributed by atoms with Gasteiger partial charge in [-0.05, 0) is 40.2 Å². The molecule has 2 aromatic carbocycles. The number of anilines is 1. The number of rotatable bonds is 3. The number of nitrogens with one attached hydrogen (secondary N) is 1. The molecule has 0 atom stereocenters. The Hall–Kier alpha value is -2.05. The van der Waals surface area contributed by atoms with Crippen molar-refractivity contribution in [2.75, 3.05) is 5.32 Å². The summed E-state index contributed by atoms with van der Waals surface area (Å²) >= 11 is 9.28. The molecule has 2 rings (SSSR count). The van der Waals surface area contributed by atoms with E-state index in [9.17, 15) is 4.79 Å². The zero-order valence-corrected chi connectivity index (χ0v) is 13.0. The summed E-state index contributed by atoms with van der Waals surface area (Å²) in [4.78, 5) is 12.1. The number of hydrogen-bond acceptors (Lipinski definition) is 3. The molecule has 2 aromatic rings. The predicted molar refractivity (Wildman–Crippen MR) is 86.1 cm³/mol. The van der Waals surface area contributed by atoms with Gasteiger partial charge in [0, 0.05) is 11.1 Å². The number of oxime groups is 1. The van der Waals surface area contributed by atoms with E-state index in [1.807, 2.05) is 0 Å². The first-order valence-electron chi connectivity index (χ1n) is 5.86. The molecule has 0 aliphatic heterocycles. The SMILES string of the molecule is N/C(=N/O)c1ccc(C(=O)Nc2cccc(Cl)c2Br)cc1. The third-order valence-corrected chi connectivity index (χ3v) is 4.15. The molecular weight excluding hydrogens is 358 g/mol. The van der Waals surface area contributed by atoms with E-state index in [1.165, 1.54) is 0 Å². The highest BCUT2D eigenvalue weighted by atomic mass is 79.9. The lowest BCUT2D eigenvalue weighted by Crippen LogP contribution is -2.15. The van der Waals surface area contributed by atoms with Gasteiger partial charge in [0.25, 0.3) is 5.91 Å². The summed E-state index contributed by atoms with van der Waals surface area (Å²) in [5, 5.41) is 14.7. The average molecular weight is 369 g/mol. The summed E-state index contributed by atoms with van der Waals surface area (Å²) in [6.45, 7) is 0. The number of hydrogen-bond donors (Lipinski definition) is 3. The Kier molecular flexibility index (Phi) is 4.82. The molecule has 0 radical (unpaired) electrons. The van der Waals surface area contributed by atoms with Crippen molar-refractivity contribution in [3.63, 3.8) is 0 Å². The zero-order valence-electron chi connectivity index (χ0n) is 10.7. The van der Waals surface area contributed by atoms with Gasteiger partial charge in [0.15, 0.2) is 5.84 Å². The third-order valence-electron chi connectivity index (χ3n) is 2.75. The molecule has 4 N–H and O–H groups in total. The first kappa shape index (κ1) is 15.3. The van der Waals surface area contributed by atoms with Crippen LogP contribution in [0.1, 0.15) is 15.9 Å². The van der Waals surface area contributed by atoms with Crippen molar-refractivity contribution in [2.45, 2.75) is 0 Å². The first-order valence-corrected chi connectivity index (χ1v) is 7.03. The topological polar surface area (TPSA) is 87.7 Å². The third kappa shape index (κ3) is 3.53. The highest BCUT2D eigenvalue weighted by Crippen LogP contribution is 2.30. The van der Waals surface area contributed by atoms with Crippen LogP contribution in [0.25, 0.3) is 0 Å². The lowest BCUT2D eigenvalue weighted by molar-refractivity contribution is 0.102. The van der Waals surface area contributed by atoms with Crippen molar-refractivity contribution < 1.29 is 10.0 Å². The minimum absolute atomic E-state index is 0.0143. The van der Waals surface area contributed by atoms with Gasteiger partial charge in [-0.25, -0.2) is 0 Å². The van der Waals surface area contributed by atoms with Crippen LogP contribution in [0.5, 0.6) is 0 Å². The van der Waals surface area contributed by atoms with Crippen molar-refractivity contribution in [3.05, 3.63) is 63.1 Å². The molecule has 0 saturated heterocycles. The van der Waals surface area contributed by atoms with Gasteiger partial charge < -0.3 is 16.3 Å². The van der Waals surface area contributed by atoms with Crippen molar-refractivity contribution >= 4 is 45.0 Å². The normalized spacial score (nSPS) is 11.2. The second-order valence-corrected chi connectivity index (χ2v) is 5.32. The molecule has 1 amide bonds. The van der Waals surface area contributed by atoms with Gasteiger partial charge in [-0.1, -0.05) is 35.0 Å². The molecule has 108 valence electrons. The van der Waals surface area contributed by atoms with E-state index in [4.69, 9.17) is 22.5 Å². The van der Waals surface area contributed by atoms with Gasteiger partial charge >= 0.3 is 0 Å². The van der Waals surface area contributed by atoms with E-state index in [2.05, 4.69) is 26.4 Å². The minimum atomic E-state index is -0.288. The summed E-state index contributed by atoms with van der Waals surface area (Å²) in [6.07, 6.45) is 0. The van der Waals surface area contributed by atoms with Gasteiger partial charge in [-0.2, -0.15) is 0 Å². The number of amidine groups is 1. The Bertz CT molecular complexity index is 702. The first-order chi connectivity index (χ1) is 10.0. The summed E-state index contributed by atoms with van der Waals surface area (Å²) in [5.41, 5.74) is 7.00. The summed E-state index contributed by atoms with van der Waals surface area (Å²) in [5.74, 6) is -0.302. The monoisotopic (exact) mass is 367 g/mol. The molecule has 0 unspecified atom stereocenters. The molecule has 21 heavy (non-hydrogen) atoms. The Morgan fingerprint density at radius 1 is 1.19 bits per heavy atom. The number of nitrogens with zero attached hydrogens (tertiary/aromatic N) is 1. The molecular formula is C14H11BrClN3O2. The molecule has 0 heterocycles. The van der Waals surface area contributed by atoms with Crippen LogP contribution >= 0.6 is 27.5 Å². The largest absolute Gasteiger partial charge is 0.409 e. The van der Waals surface area contributed by atoms with Crippen LogP contribution in [0.4, 0.5) is 5.69 Å². The molecule has 0 spiro atoms. The number of carbonyl (C=O) groups is 1. The number of amides is 1. The van der Waals surface area contributed by atoms with Crippen LogP contribution in [0.15, 0.2) is 52.1 Å². The second-order valence-electron chi connectivity index (χ2n) is 4.12. The van der Waals surface area contributed by atoms with Gasteiger partial charge in [0.05, 0.1) is 15.2 Å². The molecule has 0 aliphatic carbocycles. The quantitative estimate of drug-likeness (QED) is 0.335. The Balaban J connectivity index is 2.19. The lowest BCUT2D eigenvalue weighted by Gasteiger charge is -2.08. The van der Waals surface area contributed by atoms with Gasteiger partial charge in [-0.3, -0.25) is 4.79 Å². The Morgan fingerprint density at radius 2 is 1.81 bits per heavy atom. The highest BCUT2D eigenvalue weighted by Gasteiger charge is 2.10. The van der Waals surface area contributed by atoms with Gasteiger partial charge in [0.2, 0.25) is 0 Å². The summed E-state index contributed by atoms with van der Waals surface area (Å²) in [6, 6.07) is 11.5. The van der Waals surface area contributed by atoms with Crippen LogP contribution in [0, 0.1) is 0 Å². The fraction of sp³-hybridized carbons (Fsp3) is 0. The zero-order chi connectivity index (χ0) is 15.4. The molecule has 5 nitrogen and oxygen atoms in total. The Morgan fingerprint density at radius 3 is 2.43 bits per heavy atom. The maximum Gasteiger partial charge on any atom is 0.255 e. The maximum atomic E-state index is 12.1. The van der Waals surface area contributed by atoms with Crippen molar-refractivity contribution in [2.24, 2.45) is 10.9 Å². The number of carbonyl (C=O) groups excluding carboxylic acids is 1. The molecule has 7 heteroatoms. The standard InChI is InChI=1S/C14H11BrClN3O2/c15-12-10(16)2-1-3-11(12)18-14(20)9-6-4-8(5-7-9)13(17)19-21/h1-7,21H,(H2,17,19)(H,18,20). The fourth-order valence-corrected chi connectivity index (χ4v) is 2.18. The van der Waals surface area contributed by atoms with E-state index >= 15 is 0 Å². The number of benzene rings is 2. The van der Waals surface area contributed by atoms with Crippen molar-refractivity contribution in [3.8, 4) is 0 Å². The summed E-state index contributed by atoms with van der Waals surface area (Å²) in [7, 11) is 0. The molecule has 0 fully saturated rings. The molecule has 0 aromatic heterocycles. The highest BCUT2D eigenvalue weighted by molar-refractivity contribution is 9.10. The average Bonchev–Trinajstić information content (AvgIpc) is 2.51. The fourth-order valence-electron chi connectivity index (χ4n) is 1.64. The van der Waals surface area contributed by atoms with Gasteiger partial charge in [0.1, 0.15) is 0 Å². The van der Waals surface area contributed by atoms with Crippen LogP contribution in [-0.4, -0.2) is 17.0 Å². The van der Waals surface area contributed by atoms with E-state index < -0.39 is 0 Å². The van der Waals surface area contributed by atoms with Crippen molar-refractivity contribution in [1.82, 2.24) is 0 Å². The second kappa shape index (κ2) is 6.60. The minimum Gasteiger partial charge on any atom is -0.409 e. The van der Waals surface area contributed by atoms with Crippen LogP contribution in [0.2, 0.25) is 5.02 Å². The number of nitrogens with two attached hydrogens (primary N) is 1. The molecule has 0 aliphatic rings. The van der Waals surface area contributed by atoms with Gasteiger partial charge in [-0.15, -0.1) is 0 Å². The van der Waals surface area contributed by atoms with Crippen LogP contribution < -0.4 is 11.1 Å². The maximum absolute atomic E-state index is 12.1. The van der Waals surface area contributed by atoms with Crippen LogP contribution in [-0.2, 0) is 0 Å². The van der Waals surface area contributed by atoms with E-state index in [-0.39, 0.29) is 11.7 Å². The van der Waals surface area contributed by atoms with E-state index in [1.54, 1.807) is 42.5 Å². The summed E-state index contributed by atoms with van der Waals surface area (Å²) < 4.78 is 0.619. The number of halogens is 2. The molecule has 0 saturated carbocycles. The smallest absolute Gasteiger partial charge is 0.255 e. The van der Waals surface area contributed by atoms with E-state index in [0.29, 0.717) is 26.3 Å². The van der Waals surface area contributed by atoms with E-state index in [0.717, 1.165) is 0 Å². The Labute approximate surface area is 134 Å². The lowest BCUT2D eigenvalue weighted by atomic mass is 10.1. The molecule has 0 bridgehead atoms. The van der Waals surface area contributed by atoms with Crippen molar-refractivity contribution in [1.29, 1.82) is 0 Å². The van der Waals surface area contributed by atoms with Crippen LogP contribution in [0.3, 0.4) is 0 Å².